The Balaban J connectivity index is 2.13. The zero-order valence-corrected chi connectivity index (χ0v) is 8.60. The van der Waals surface area contributed by atoms with Crippen LogP contribution in [0.4, 0.5) is 8.78 Å². The van der Waals surface area contributed by atoms with Crippen LogP contribution in [0.15, 0.2) is 17.2 Å². The molecular formula is C10H12F2N2O2. The molecule has 1 aliphatic heterocycles. The lowest BCUT2D eigenvalue weighted by molar-refractivity contribution is 0.0955. The third-order valence-electron chi connectivity index (χ3n) is 2.55. The molecule has 0 radical (unpaired) electrons. The zero-order chi connectivity index (χ0) is 11.5. The van der Waals surface area contributed by atoms with Crippen molar-refractivity contribution in [2.45, 2.75) is 31.9 Å². The molecule has 0 saturated carbocycles. The van der Waals surface area contributed by atoms with E-state index >= 15 is 0 Å². The molecule has 0 amide bonds. The summed E-state index contributed by atoms with van der Waals surface area (Å²) in [5.41, 5.74) is -0.936. The molecule has 1 saturated heterocycles. The fraction of sp³-hybridized carbons (Fsp3) is 0.600. The molecule has 2 rings (SSSR count). The van der Waals surface area contributed by atoms with Gasteiger partial charge in [-0.05, 0) is 12.8 Å². The molecular weight excluding hydrogens is 218 g/mol. The summed E-state index contributed by atoms with van der Waals surface area (Å²) in [4.78, 5) is 15.0. The van der Waals surface area contributed by atoms with Crippen LogP contribution in [0.1, 0.15) is 25.0 Å². The number of hydrogen-bond donors (Lipinski definition) is 0. The average molecular weight is 230 g/mol. The van der Waals surface area contributed by atoms with Crippen LogP contribution in [0.25, 0.3) is 0 Å². The van der Waals surface area contributed by atoms with Crippen molar-refractivity contribution >= 4 is 0 Å². The molecule has 1 fully saturated rings. The van der Waals surface area contributed by atoms with Gasteiger partial charge in [-0.3, -0.25) is 9.36 Å². The van der Waals surface area contributed by atoms with Crippen molar-refractivity contribution in [1.82, 2.24) is 9.55 Å². The fourth-order valence-corrected chi connectivity index (χ4v) is 1.70. The Morgan fingerprint density at radius 1 is 1.62 bits per heavy atom. The highest BCUT2D eigenvalue weighted by Gasteiger charge is 2.17. The Bertz CT molecular complexity index is 414. The first-order valence-electron chi connectivity index (χ1n) is 5.13. The van der Waals surface area contributed by atoms with Crippen LogP contribution in [-0.2, 0) is 11.3 Å². The molecule has 0 aromatic carbocycles. The minimum absolute atomic E-state index is 0.00287. The summed E-state index contributed by atoms with van der Waals surface area (Å²) in [5.74, 6) is 0. The third-order valence-corrected chi connectivity index (χ3v) is 2.55. The highest BCUT2D eigenvalue weighted by molar-refractivity contribution is 5.00. The monoisotopic (exact) mass is 230 g/mol. The van der Waals surface area contributed by atoms with Crippen LogP contribution in [0.2, 0.25) is 0 Å². The summed E-state index contributed by atoms with van der Waals surface area (Å²) in [6.07, 6.45) is 0.318. The summed E-state index contributed by atoms with van der Waals surface area (Å²) in [5, 5.41) is 0. The van der Waals surface area contributed by atoms with E-state index in [4.69, 9.17) is 4.74 Å². The second-order valence-corrected chi connectivity index (χ2v) is 3.74. The molecule has 0 aliphatic carbocycles. The first-order chi connectivity index (χ1) is 7.66. The van der Waals surface area contributed by atoms with Gasteiger partial charge in [-0.15, -0.1) is 0 Å². The van der Waals surface area contributed by atoms with Gasteiger partial charge in [0, 0.05) is 12.7 Å². The second-order valence-electron chi connectivity index (χ2n) is 3.74. The summed E-state index contributed by atoms with van der Waals surface area (Å²) < 4.78 is 31.2. The third kappa shape index (κ3) is 2.44. The number of rotatable bonds is 3. The van der Waals surface area contributed by atoms with E-state index in [1.807, 2.05) is 0 Å². The first kappa shape index (κ1) is 11.2. The molecule has 4 nitrogen and oxygen atoms in total. The van der Waals surface area contributed by atoms with Crippen LogP contribution in [0.3, 0.4) is 0 Å². The highest BCUT2D eigenvalue weighted by atomic mass is 19.3. The maximum atomic E-state index is 12.2. The van der Waals surface area contributed by atoms with Gasteiger partial charge < -0.3 is 4.74 Å². The zero-order valence-electron chi connectivity index (χ0n) is 8.60. The molecule has 0 N–H and O–H groups in total. The van der Waals surface area contributed by atoms with Crippen molar-refractivity contribution in [1.29, 1.82) is 0 Å². The van der Waals surface area contributed by atoms with Gasteiger partial charge in [0.05, 0.1) is 19.0 Å². The Morgan fingerprint density at radius 3 is 3.00 bits per heavy atom. The second kappa shape index (κ2) is 4.69. The summed E-state index contributed by atoms with van der Waals surface area (Å²) in [7, 11) is 0. The predicted octanol–water partition coefficient (Wildman–Crippen LogP) is 1.36. The van der Waals surface area contributed by atoms with Gasteiger partial charge in [-0.2, -0.15) is 0 Å². The number of nitrogens with zero attached hydrogens (tertiary/aromatic N) is 2. The maximum absolute atomic E-state index is 12.2. The van der Waals surface area contributed by atoms with E-state index in [2.05, 4.69) is 4.98 Å². The van der Waals surface area contributed by atoms with E-state index in [0.29, 0.717) is 13.2 Å². The molecule has 0 bridgehead atoms. The van der Waals surface area contributed by atoms with Gasteiger partial charge in [-0.1, -0.05) is 0 Å². The van der Waals surface area contributed by atoms with E-state index in [-0.39, 0.29) is 6.10 Å². The van der Waals surface area contributed by atoms with E-state index in [1.165, 1.54) is 4.57 Å². The fourth-order valence-electron chi connectivity index (χ4n) is 1.70. The number of halogens is 2. The molecule has 2 heterocycles. The molecule has 1 aromatic rings. The van der Waals surface area contributed by atoms with Crippen LogP contribution in [0.5, 0.6) is 0 Å². The van der Waals surface area contributed by atoms with Crippen LogP contribution in [-0.4, -0.2) is 22.3 Å². The summed E-state index contributed by atoms with van der Waals surface area (Å²) in [6, 6.07) is 0.875. The Kier molecular flexibility index (Phi) is 3.28. The molecule has 1 aromatic heterocycles. The standard InChI is InChI=1S/C10H12F2N2O2/c11-10(12)8-4-9(15)14(6-13-8)5-7-2-1-3-16-7/h4,6-7,10H,1-3,5H2. The van der Waals surface area contributed by atoms with Crippen molar-refractivity contribution in [3.05, 3.63) is 28.4 Å². The summed E-state index contributed by atoms with van der Waals surface area (Å²) >= 11 is 0. The van der Waals surface area contributed by atoms with Gasteiger partial charge in [-0.25, -0.2) is 13.8 Å². The van der Waals surface area contributed by atoms with Crippen molar-refractivity contribution in [2.24, 2.45) is 0 Å². The number of aromatic nitrogens is 2. The normalized spacial score (nSPS) is 20.6. The lowest BCUT2D eigenvalue weighted by atomic mass is 10.2. The van der Waals surface area contributed by atoms with E-state index < -0.39 is 17.7 Å². The molecule has 1 unspecified atom stereocenters. The van der Waals surface area contributed by atoms with E-state index in [1.54, 1.807) is 0 Å². The Labute approximate surface area is 90.9 Å². The quantitative estimate of drug-likeness (QED) is 0.787. The number of hydrogen-bond acceptors (Lipinski definition) is 3. The van der Waals surface area contributed by atoms with Crippen LogP contribution in [0, 0.1) is 0 Å². The molecule has 16 heavy (non-hydrogen) atoms. The molecule has 0 spiro atoms. The number of alkyl halides is 2. The van der Waals surface area contributed by atoms with E-state index in [0.717, 1.165) is 25.2 Å². The van der Waals surface area contributed by atoms with Crippen LogP contribution < -0.4 is 5.56 Å². The lowest BCUT2D eigenvalue weighted by Crippen LogP contribution is -2.26. The van der Waals surface area contributed by atoms with Gasteiger partial charge in [0.2, 0.25) is 0 Å². The Morgan fingerprint density at radius 2 is 2.44 bits per heavy atom. The van der Waals surface area contributed by atoms with Gasteiger partial charge in [0.1, 0.15) is 5.69 Å². The summed E-state index contributed by atoms with van der Waals surface area (Å²) in [6.45, 7) is 1.08. The largest absolute Gasteiger partial charge is 0.376 e. The van der Waals surface area contributed by atoms with Crippen molar-refractivity contribution < 1.29 is 13.5 Å². The van der Waals surface area contributed by atoms with Gasteiger partial charge in [0.25, 0.3) is 12.0 Å². The van der Waals surface area contributed by atoms with Crippen LogP contribution >= 0.6 is 0 Å². The van der Waals surface area contributed by atoms with Gasteiger partial charge >= 0.3 is 0 Å². The lowest BCUT2D eigenvalue weighted by Gasteiger charge is -2.11. The minimum atomic E-state index is -2.70. The SMILES string of the molecule is O=c1cc(C(F)F)ncn1CC1CCCO1. The Hall–Kier alpha value is -1.30. The molecule has 1 atom stereocenters. The highest BCUT2D eigenvalue weighted by Crippen LogP contribution is 2.15. The minimum Gasteiger partial charge on any atom is -0.376 e. The average Bonchev–Trinajstić information content (AvgIpc) is 2.73. The predicted molar refractivity (Wildman–Crippen MR) is 52.4 cm³/mol. The first-order valence-corrected chi connectivity index (χ1v) is 5.13. The van der Waals surface area contributed by atoms with Crippen molar-refractivity contribution in [3.63, 3.8) is 0 Å². The maximum Gasteiger partial charge on any atom is 0.280 e. The van der Waals surface area contributed by atoms with Gasteiger partial charge in [0.15, 0.2) is 0 Å². The molecule has 1 aliphatic rings. The smallest absolute Gasteiger partial charge is 0.280 e. The number of ether oxygens (including phenoxy) is 1. The molecule has 88 valence electrons. The topological polar surface area (TPSA) is 44.1 Å². The molecule has 6 heteroatoms. The van der Waals surface area contributed by atoms with Crippen molar-refractivity contribution in [3.8, 4) is 0 Å². The van der Waals surface area contributed by atoms with E-state index in [9.17, 15) is 13.6 Å². The van der Waals surface area contributed by atoms with Crippen molar-refractivity contribution in [2.75, 3.05) is 6.61 Å².